The van der Waals surface area contributed by atoms with E-state index in [1.807, 2.05) is 24.3 Å². The van der Waals surface area contributed by atoms with E-state index in [1.165, 1.54) is 6.92 Å². The molecule has 1 heterocycles. The lowest BCUT2D eigenvalue weighted by molar-refractivity contribution is -0.114. The standard InChI is InChI=1S/C25H22N4O4/c1-15(30)27-19-9-5-4-8-18(19)23-25(32)29-21-13-16(11-12-20(21)28-23)24(31)26-14-17-7-3-6-10-22(17)33-2/h3-13H,14H2,1-2H3,(H,26,31)(H,27,30)(H,29,32). The Kier molecular flexibility index (Phi) is 6.17. The van der Waals surface area contributed by atoms with Crippen LogP contribution in [0.4, 0.5) is 5.69 Å². The lowest BCUT2D eigenvalue weighted by Gasteiger charge is -2.11. The van der Waals surface area contributed by atoms with E-state index in [-0.39, 0.29) is 17.5 Å². The van der Waals surface area contributed by atoms with Gasteiger partial charge in [-0.2, -0.15) is 0 Å². The van der Waals surface area contributed by atoms with E-state index < -0.39 is 5.56 Å². The molecule has 0 aliphatic rings. The van der Waals surface area contributed by atoms with E-state index in [4.69, 9.17) is 4.74 Å². The predicted octanol–water partition coefficient (Wildman–Crippen LogP) is 3.49. The van der Waals surface area contributed by atoms with Crippen LogP contribution in [0.5, 0.6) is 5.75 Å². The number of rotatable bonds is 6. The molecule has 0 bridgehead atoms. The van der Waals surface area contributed by atoms with Gasteiger partial charge in [0, 0.05) is 30.2 Å². The van der Waals surface area contributed by atoms with Crippen molar-refractivity contribution in [2.75, 3.05) is 12.4 Å². The maximum Gasteiger partial charge on any atom is 0.275 e. The fourth-order valence-electron chi connectivity index (χ4n) is 3.53. The first kappa shape index (κ1) is 21.8. The minimum Gasteiger partial charge on any atom is -0.496 e. The molecule has 1 aromatic heterocycles. The molecule has 0 atom stereocenters. The van der Waals surface area contributed by atoms with Crippen LogP contribution in [0.15, 0.2) is 71.5 Å². The smallest absolute Gasteiger partial charge is 0.275 e. The Bertz CT molecular complexity index is 1410. The van der Waals surface area contributed by atoms with Crippen LogP contribution in [0.25, 0.3) is 22.3 Å². The number of amides is 2. The van der Waals surface area contributed by atoms with Gasteiger partial charge >= 0.3 is 0 Å². The molecule has 0 unspecified atom stereocenters. The number of nitrogens with one attached hydrogen (secondary N) is 3. The van der Waals surface area contributed by atoms with E-state index in [0.717, 1.165) is 5.56 Å². The Labute approximate surface area is 189 Å². The van der Waals surface area contributed by atoms with Gasteiger partial charge in [-0.25, -0.2) is 4.98 Å². The average Bonchev–Trinajstić information content (AvgIpc) is 2.82. The van der Waals surface area contributed by atoms with Crippen molar-refractivity contribution in [1.82, 2.24) is 15.3 Å². The summed E-state index contributed by atoms with van der Waals surface area (Å²) in [5, 5.41) is 5.57. The highest BCUT2D eigenvalue weighted by molar-refractivity contribution is 5.98. The zero-order valence-corrected chi connectivity index (χ0v) is 18.1. The number of benzene rings is 3. The number of carbonyl (C=O) groups excluding carboxylic acids is 2. The summed E-state index contributed by atoms with van der Waals surface area (Å²) in [5.74, 6) is 0.157. The SMILES string of the molecule is COc1ccccc1CNC(=O)c1ccc2nc(-c3ccccc3NC(C)=O)c(=O)[nH]c2c1. The largest absolute Gasteiger partial charge is 0.496 e. The highest BCUT2D eigenvalue weighted by Crippen LogP contribution is 2.25. The molecule has 3 N–H and O–H groups in total. The van der Waals surface area contributed by atoms with Crippen molar-refractivity contribution in [3.05, 3.63) is 88.2 Å². The van der Waals surface area contributed by atoms with Gasteiger partial charge in [0.05, 0.1) is 23.8 Å². The van der Waals surface area contributed by atoms with E-state index in [9.17, 15) is 14.4 Å². The summed E-state index contributed by atoms with van der Waals surface area (Å²) >= 11 is 0. The topological polar surface area (TPSA) is 113 Å². The summed E-state index contributed by atoms with van der Waals surface area (Å²) in [7, 11) is 1.58. The normalized spacial score (nSPS) is 10.6. The number of fused-ring (bicyclic) bond motifs is 1. The number of nitrogens with zero attached hydrogens (tertiary/aromatic N) is 1. The summed E-state index contributed by atoms with van der Waals surface area (Å²) < 4.78 is 5.31. The number of hydrogen-bond donors (Lipinski definition) is 3. The summed E-state index contributed by atoms with van der Waals surface area (Å²) in [6, 6.07) is 19.3. The Hall–Kier alpha value is -4.46. The molecule has 0 fully saturated rings. The maximum absolute atomic E-state index is 12.8. The van der Waals surface area contributed by atoms with Crippen molar-refractivity contribution in [2.45, 2.75) is 13.5 Å². The third-order valence-electron chi connectivity index (χ3n) is 5.08. The fraction of sp³-hybridized carbons (Fsp3) is 0.120. The second-order valence-corrected chi connectivity index (χ2v) is 7.37. The molecule has 8 heteroatoms. The van der Waals surface area contributed by atoms with E-state index in [2.05, 4.69) is 20.6 Å². The van der Waals surface area contributed by atoms with Gasteiger partial charge in [0.15, 0.2) is 0 Å². The monoisotopic (exact) mass is 442 g/mol. The lowest BCUT2D eigenvalue weighted by Crippen LogP contribution is -2.23. The van der Waals surface area contributed by atoms with Crippen LogP contribution >= 0.6 is 0 Å². The Morgan fingerprint density at radius 2 is 1.79 bits per heavy atom. The van der Waals surface area contributed by atoms with Crippen LogP contribution in [0.1, 0.15) is 22.8 Å². The summed E-state index contributed by atoms with van der Waals surface area (Å²) in [6.07, 6.45) is 0. The highest BCUT2D eigenvalue weighted by Gasteiger charge is 2.14. The molecular weight excluding hydrogens is 420 g/mol. The molecule has 0 aliphatic carbocycles. The number of hydrogen-bond acceptors (Lipinski definition) is 5. The van der Waals surface area contributed by atoms with Gasteiger partial charge in [0.25, 0.3) is 11.5 Å². The first-order valence-electron chi connectivity index (χ1n) is 10.3. The number of aromatic amines is 1. The van der Waals surface area contributed by atoms with E-state index in [0.29, 0.717) is 40.1 Å². The Morgan fingerprint density at radius 3 is 2.58 bits per heavy atom. The minimum absolute atomic E-state index is 0.181. The molecule has 4 rings (SSSR count). The number of aromatic nitrogens is 2. The molecule has 2 amide bonds. The molecule has 0 aliphatic heterocycles. The first-order chi connectivity index (χ1) is 16.0. The van der Waals surface area contributed by atoms with Gasteiger partial charge in [0.1, 0.15) is 11.4 Å². The Balaban J connectivity index is 1.62. The number of carbonyl (C=O) groups is 2. The molecule has 4 aromatic rings. The number of H-pyrrole nitrogens is 1. The minimum atomic E-state index is -0.424. The molecular formula is C25H22N4O4. The number of methoxy groups -OCH3 is 1. The van der Waals surface area contributed by atoms with Gasteiger partial charge in [-0.05, 0) is 30.3 Å². The van der Waals surface area contributed by atoms with Crippen LogP contribution in [-0.2, 0) is 11.3 Å². The molecule has 8 nitrogen and oxygen atoms in total. The van der Waals surface area contributed by atoms with E-state index in [1.54, 1.807) is 49.6 Å². The van der Waals surface area contributed by atoms with Crippen molar-refractivity contribution in [2.24, 2.45) is 0 Å². The van der Waals surface area contributed by atoms with E-state index >= 15 is 0 Å². The zero-order chi connectivity index (χ0) is 23.4. The molecule has 166 valence electrons. The van der Waals surface area contributed by atoms with Crippen molar-refractivity contribution in [3.8, 4) is 17.0 Å². The van der Waals surface area contributed by atoms with Crippen molar-refractivity contribution in [3.63, 3.8) is 0 Å². The number of ether oxygens (including phenoxy) is 1. The predicted molar refractivity (Wildman–Crippen MR) is 126 cm³/mol. The average molecular weight is 442 g/mol. The third kappa shape index (κ3) is 4.74. The van der Waals surface area contributed by atoms with Gasteiger partial charge in [-0.1, -0.05) is 36.4 Å². The quantitative estimate of drug-likeness (QED) is 0.423. The van der Waals surface area contributed by atoms with Crippen LogP contribution in [-0.4, -0.2) is 28.9 Å². The van der Waals surface area contributed by atoms with Crippen molar-refractivity contribution in [1.29, 1.82) is 0 Å². The van der Waals surface area contributed by atoms with Crippen LogP contribution in [0.3, 0.4) is 0 Å². The molecule has 0 radical (unpaired) electrons. The van der Waals surface area contributed by atoms with Gasteiger partial charge in [0.2, 0.25) is 5.91 Å². The third-order valence-corrected chi connectivity index (χ3v) is 5.08. The molecule has 0 saturated heterocycles. The number of para-hydroxylation sites is 2. The first-order valence-corrected chi connectivity index (χ1v) is 10.3. The zero-order valence-electron chi connectivity index (χ0n) is 18.1. The Morgan fingerprint density at radius 1 is 1.03 bits per heavy atom. The van der Waals surface area contributed by atoms with Crippen LogP contribution < -0.4 is 20.9 Å². The number of anilines is 1. The molecule has 0 saturated carbocycles. The second-order valence-electron chi connectivity index (χ2n) is 7.37. The van der Waals surface area contributed by atoms with Crippen LogP contribution in [0, 0.1) is 0 Å². The summed E-state index contributed by atoms with van der Waals surface area (Å²) in [6.45, 7) is 1.70. The molecule has 0 spiro atoms. The van der Waals surface area contributed by atoms with Gasteiger partial charge in [-0.15, -0.1) is 0 Å². The summed E-state index contributed by atoms with van der Waals surface area (Å²) in [4.78, 5) is 44.3. The van der Waals surface area contributed by atoms with Gasteiger partial charge in [-0.3, -0.25) is 14.4 Å². The second kappa shape index (κ2) is 9.35. The maximum atomic E-state index is 12.8. The fourth-order valence-corrected chi connectivity index (χ4v) is 3.53. The lowest BCUT2D eigenvalue weighted by atomic mass is 10.1. The van der Waals surface area contributed by atoms with Crippen LogP contribution in [0.2, 0.25) is 0 Å². The van der Waals surface area contributed by atoms with Gasteiger partial charge < -0.3 is 20.4 Å². The molecule has 3 aromatic carbocycles. The molecule has 33 heavy (non-hydrogen) atoms. The highest BCUT2D eigenvalue weighted by atomic mass is 16.5. The van der Waals surface area contributed by atoms with Crippen molar-refractivity contribution < 1.29 is 14.3 Å². The van der Waals surface area contributed by atoms with Crippen molar-refractivity contribution >= 4 is 28.5 Å². The summed E-state index contributed by atoms with van der Waals surface area (Å²) in [5.41, 5.74) is 2.96.